The summed E-state index contributed by atoms with van der Waals surface area (Å²) in [4.78, 5) is 27.1. The Bertz CT molecular complexity index is 831. The van der Waals surface area contributed by atoms with E-state index < -0.39 is 0 Å². The van der Waals surface area contributed by atoms with Gasteiger partial charge in [0.05, 0.1) is 5.92 Å². The van der Waals surface area contributed by atoms with Crippen molar-refractivity contribution in [2.24, 2.45) is 5.92 Å². The Morgan fingerprint density at radius 1 is 1.07 bits per heavy atom. The number of aryl methyl sites for hydroxylation is 1. The summed E-state index contributed by atoms with van der Waals surface area (Å²) in [5, 5.41) is 6.03. The standard InChI is InChI=1S/C24H31N3O2/c1-18-11-13-20(14-12-18)24(2,3)17-25-23(29)27-15-7-8-19(16-27)22(28)26-21-9-5-4-6-10-21/h4-6,9-14,19H,7-8,15-17H2,1-3H3,(H,25,29)(H,26,28). The lowest BCUT2D eigenvalue weighted by Gasteiger charge is -2.33. The predicted molar refractivity (Wildman–Crippen MR) is 117 cm³/mol. The molecule has 1 heterocycles. The van der Waals surface area contributed by atoms with Gasteiger partial charge in [0, 0.05) is 30.7 Å². The van der Waals surface area contributed by atoms with Crippen LogP contribution in [0.25, 0.3) is 0 Å². The van der Waals surface area contributed by atoms with E-state index in [-0.39, 0.29) is 23.3 Å². The summed E-state index contributed by atoms with van der Waals surface area (Å²) < 4.78 is 0. The fraction of sp³-hybridized carbons (Fsp3) is 0.417. The molecule has 2 N–H and O–H groups in total. The largest absolute Gasteiger partial charge is 0.337 e. The minimum Gasteiger partial charge on any atom is -0.337 e. The van der Waals surface area contributed by atoms with E-state index in [0.717, 1.165) is 18.5 Å². The fourth-order valence-electron chi connectivity index (χ4n) is 3.66. The average molecular weight is 394 g/mol. The molecular formula is C24H31N3O2. The number of carbonyl (C=O) groups excluding carboxylic acids is 2. The van der Waals surface area contributed by atoms with Gasteiger partial charge in [-0.1, -0.05) is 61.9 Å². The number of likely N-dealkylation sites (tertiary alicyclic amines) is 1. The van der Waals surface area contributed by atoms with Crippen molar-refractivity contribution in [2.75, 3.05) is 25.0 Å². The van der Waals surface area contributed by atoms with Gasteiger partial charge >= 0.3 is 6.03 Å². The Morgan fingerprint density at radius 2 is 1.76 bits per heavy atom. The van der Waals surface area contributed by atoms with Crippen molar-refractivity contribution < 1.29 is 9.59 Å². The molecule has 2 aromatic rings. The van der Waals surface area contributed by atoms with E-state index in [9.17, 15) is 9.59 Å². The van der Waals surface area contributed by atoms with Crippen LogP contribution in [-0.2, 0) is 10.2 Å². The highest BCUT2D eigenvalue weighted by molar-refractivity contribution is 5.93. The second kappa shape index (κ2) is 9.12. The van der Waals surface area contributed by atoms with Crippen molar-refractivity contribution in [1.82, 2.24) is 10.2 Å². The lowest BCUT2D eigenvalue weighted by molar-refractivity contribution is -0.121. The summed E-state index contributed by atoms with van der Waals surface area (Å²) >= 11 is 0. The van der Waals surface area contributed by atoms with Crippen molar-refractivity contribution in [2.45, 2.75) is 39.0 Å². The van der Waals surface area contributed by atoms with Gasteiger partial charge in [-0.2, -0.15) is 0 Å². The van der Waals surface area contributed by atoms with Crippen LogP contribution in [0, 0.1) is 12.8 Å². The number of amides is 3. The number of benzene rings is 2. The molecule has 2 aromatic carbocycles. The Labute approximate surface area is 173 Å². The summed E-state index contributed by atoms with van der Waals surface area (Å²) in [6, 6.07) is 17.8. The zero-order valence-corrected chi connectivity index (χ0v) is 17.6. The van der Waals surface area contributed by atoms with Crippen LogP contribution in [-0.4, -0.2) is 36.5 Å². The average Bonchev–Trinajstić information content (AvgIpc) is 2.73. The first kappa shape index (κ1) is 20.9. The molecule has 0 aliphatic carbocycles. The Hall–Kier alpha value is -2.82. The van der Waals surface area contributed by atoms with E-state index in [2.05, 4.69) is 55.7 Å². The monoisotopic (exact) mass is 393 g/mol. The maximum atomic E-state index is 12.7. The van der Waals surface area contributed by atoms with Gasteiger partial charge in [0.15, 0.2) is 0 Å². The van der Waals surface area contributed by atoms with Crippen molar-refractivity contribution >= 4 is 17.6 Å². The molecule has 154 valence electrons. The quantitative estimate of drug-likeness (QED) is 0.794. The van der Waals surface area contributed by atoms with E-state index in [4.69, 9.17) is 0 Å². The number of rotatable bonds is 5. The molecule has 1 unspecified atom stereocenters. The maximum absolute atomic E-state index is 12.7. The van der Waals surface area contributed by atoms with Crippen LogP contribution in [0.1, 0.15) is 37.8 Å². The van der Waals surface area contributed by atoms with E-state index in [0.29, 0.717) is 19.6 Å². The number of anilines is 1. The minimum absolute atomic E-state index is 0.0197. The SMILES string of the molecule is Cc1ccc(C(C)(C)CNC(=O)N2CCCC(C(=O)Nc3ccccc3)C2)cc1. The van der Waals surface area contributed by atoms with Crippen LogP contribution in [0.2, 0.25) is 0 Å². The molecule has 3 amide bonds. The number of piperidine rings is 1. The summed E-state index contributed by atoms with van der Waals surface area (Å²) in [6.45, 7) is 8.02. The van der Waals surface area contributed by atoms with Crippen molar-refractivity contribution in [3.8, 4) is 0 Å². The zero-order valence-electron chi connectivity index (χ0n) is 17.6. The predicted octanol–water partition coefficient (Wildman–Crippen LogP) is 4.33. The van der Waals surface area contributed by atoms with E-state index in [1.54, 1.807) is 4.90 Å². The lowest BCUT2D eigenvalue weighted by atomic mass is 9.84. The molecule has 1 aliphatic heterocycles. The van der Waals surface area contributed by atoms with Crippen LogP contribution >= 0.6 is 0 Å². The van der Waals surface area contributed by atoms with Crippen LogP contribution in [0.4, 0.5) is 10.5 Å². The molecule has 0 spiro atoms. The highest BCUT2D eigenvalue weighted by Crippen LogP contribution is 2.23. The van der Waals surface area contributed by atoms with Crippen LogP contribution in [0.3, 0.4) is 0 Å². The Morgan fingerprint density at radius 3 is 2.45 bits per heavy atom. The Balaban J connectivity index is 1.54. The summed E-state index contributed by atoms with van der Waals surface area (Å²) in [7, 11) is 0. The van der Waals surface area contributed by atoms with Gasteiger partial charge in [-0.25, -0.2) is 4.79 Å². The van der Waals surface area contributed by atoms with Crippen LogP contribution in [0.15, 0.2) is 54.6 Å². The van der Waals surface area contributed by atoms with Crippen molar-refractivity contribution in [1.29, 1.82) is 0 Å². The molecule has 0 radical (unpaired) electrons. The van der Waals surface area contributed by atoms with Gasteiger partial charge in [-0.05, 0) is 37.5 Å². The molecule has 29 heavy (non-hydrogen) atoms. The highest BCUT2D eigenvalue weighted by Gasteiger charge is 2.29. The number of carbonyl (C=O) groups is 2. The van der Waals surface area contributed by atoms with Crippen LogP contribution in [0.5, 0.6) is 0 Å². The molecular weight excluding hydrogens is 362 g/mol. The fourth-order valence-corrected chi connectivity index (χ4v) is 3.66. The van der Waals surface area contributed by atoms with Crippen molar-refractivity contribution in [3.63, 3.8) is 0 Å². The highest BCUT2D eigenvalue weighted by atomic mass is 16.2. The lowest BCUT2D eigenvalue weighted by Crippen LogP contribution is -2.50. The molecule has 5 nitrogen and oxygen atoms in total. The molecule has 0 aromatic heterocycles. The number of hydrogen-bond donors (Lipinski definition) is 2. The summed E-state index contributed by atoms with van der Waals surface area (Å²) in [5.41, 5.74) is 3.05. The van der Waals surface area contributed by atoms with Gasteiger partial charge in [-0.3, -0.25) is 4.79 Å². The third-order valence-electron chi connectivity index (χ3n) is 5.64. The molecule has 1 fully saturated rings. The number of nitrogens with zero attached hydrogens (tertiary/aromatic N) is 1. The molecule has 3 rings (SSSR count). The first-order valence-corrected chi connectivity index (χ1v) is 10.3. The summed E-state index contributed by atoms with van der Waals surface area (Å²) in [6.07, 6.45) is 1.64. The first-order valence-electron chi connectivity index (χ1n) is 10.3. The normalized spacial score (nSPS) is 16.9. The third-order valence-corrected chi connectivity index (χ3v) is 5.64. The van der Waals surface area contributed by atoms with Gasteiger partial charge < -0.3 is 15.5 Å². The third kappa shape index (κ3) is 5.59. The van der Waals surface area contributed by atoms with E-state index in [1.165, 1.54) is 11.1 Å². The minimum atomic E-state index is -0.181. The topological polar surface area (TPSA) is 61.4 Å². The van der Waals surface area contributed by atoms with Gasteiger partial charge in [-0.15, -0.1) is 0 Å². The molecule has 0 bridgehead atoms. The number of urea groups is 1. The molecule has 1 atom stereocenters. The maximum Gasteiger partial charge on any atom is 0.317 e. The van der Waals surface area contributed by atoms with Gasteiger partial charge in [0.25, 0.3) is 0 Å². The number of nitrogens with one attached hydrogen (secondary N) is 2. The second-order valence-electron chi connectivity index (χ2n) is 8.55. The smallest absolute Gasteiger partial charge is 0.317 e. The van der Waals surface area contributed by atoms with E-state index >= 15 is 0 Å². The van der Waals surface area contributed by atoms with Crippen LogP contribution < -0.4 is 10.6 Å². The summed E-state index contributed by atoms with van der Waals surface area (Å²) in [5.74, 6) is -0.200. The molecule has 0 saturated carbocycles. The first-order chi connectivity index (χ1) is 13.8. The van der Waals surface area contributed by atoms with Crippen molar-refractivity contribution in [3.05, 3.63) is 65.7 Å². The molecule has 5 heteroatoms. The molecule has 1 saturated heterocycles. The van der Waals surface area contributed by atoms with Gasteiger partial charge in [0.1, 0.15) is 0 Å². The number of hydrogen-bond acceptors (Lipinski definition) is 2. The van der Waals surface area contributed by atoms with E-state index in [1.807, 2.05) is 30.3 Å². The Kier molecular flexibility index (Phi) is 6.57. The van der Waals surface area contributed by atoms with Gasteiger partial charge in [0.2, 0.25) is 5.91 Å². The number of para-hydroxylation sites is 1. The second-order valence-corrected chi connectivity index (χ2v) is 8.55. The molecule has 1 aliphatic rings. The zero-order chi connectivity index (χ0) is 20.9.